The summed E-state index contributed by atoms with van der Waals surface area (Å²) < 4.78 is 1.85. The third kappa shape index (κ3) is 3.16. The maximum atomic E-state index is 10.7. The molecule has 2 rings (SSSR count). The lowest BCUT2D eigenvalue weighted by molar-refractivity contribution is -0.138. The monoisotopic (exact) mass is 274 g/mol. The molecule has 1 aromatic rings. The van der Waals surface area contributed by atoms with E-state index < -0.39 is 5.97 Å². The topological polar surface area (TPSA) is 55.1 Å². The molecule has 17 heavy (non-hydrogen) atoms. The molecule has 0 atom stereocenters. The first-order chi connectivity index (χ1) is 8.02. The second-order valence-electron chi connectivity index (χ2n) is 4.62. The van der Waals surface area contributed by atoms with Crippen LogP contribution in [0.4, 0.5) is 0 Å². The van der Waals surface area contributed by atoms with Gasteiger partial charge in [-0.05, 0) is 24.0 Å². The Morgan fingerprint density at radius 1 is 1.71 bits per heavy atom. The summed E-state index contributed by atoms with van der Waals surface area (Å²) in [5.41, 5.74) is 0.0471. The fraction of sp³-hybridized carbons (Fsp3) is 0.636. The lowest BCUT2D eigenvalue weighted by atomic mass is 10.1. The molecule has 4 nitrogen and oxygen atoms in total. The Balaban J connectivity index is 1.80. The van der Waals surface area contributed by atoms with E-state index in [0.717, 1.165) is 30.2 Å². The number of thioether (sulfide) groups is 1. The van der Waals surface area contributed by atoms with Gasteiger partial charge in [0.15, 0.2) is 0 Å². The molecule has 94 valence electrons. The number of hydrogen-bond acceptors (Lipinski definition) is 3. The van der Waals surface area contributed by atoms with E-state index in [1.807, 2.05) is 11.6 Å². The van der Waals surface area contributed by atoms with E-state index >= 15 is 0 Å². The van der Waals surface area contributed by atoms with Crippen LogP contribution in [0.15, 0.2) is 6.20 Å². The molecular formula is C11H15ClN2O2S. The van der Waals surface area contributed by atoms with Crippen molar-refractivity contribution in [3.05, 3.63) is 17.2 Å². The lowest BCUT2D eigenvalue weighted by Gasteiger charge is -2.11. The Morgan fingerprint density at radius 3 is 2.88 bits per heavy atom. The van der Waals surface area contributed by atoms with E-state index in [2.05, 4.69) is 4.98 Å². The Labute approximate surface area is 109 Å². The molecule has 0 radical (unpaired) electrons. The normalized spacial score (nSPS) is 17.1. The summed E-state index contributed by atoms with van der Waals surface area (Å²) in [7, 11) is 1.88. The molecule has 0 unspecified atom stereocenters. The van der Waals surface area contributed by atoms with Crippen LogP contribution in [0.1, 0.15) is 25.1 Å². The van der Waals surface area contributed by atoms with Crippen molar-refractivity contribution in [2.24, 2.45) is 12.5 Å². The third-order valence-corrected chi connectivity index (χ3v) is 4.78. The van der Waals surface area contributed by atoms with E-state index in [1.54, 1.807) is 18.0 Å². The van der Waals surface area contributed by atoms with Gasteiger partial charge in [-0.15, -0.1) is 0 Å². The Morgan fingerprint density at radius 2 is 2.41 bits per heavy atom. The number of carbonyl (C=O) groups is 1. The predicted molar refractivity (Wildman–Crippen MR) is 68.3 cm³/mol. The number of imidazole rings is 1. The Hall–Kier alpha value is -0.680. The van der Waals surface area contributed by atoms with Crippen LogP contribution in [-0.2, 0) is 17.6 Å². The van der Waals surface area contributed by atoms with Gasteiger partial charge in [0.05, 0.1) is 18.4 Å². The van der Waals surface area contributed by atoms with E-state index in [9.17, 15) is 4.79 Å². The van der Waals surface area contributed by atoms with E-state index in [1.165, 1.54) is 0 Å². The van der Waals surface area contributed by atoms with Gasteiger partial charge in [-0.25, -0.2) is 4.98 Å². The number of rotatable bonds is 6. The largest absolute Gasteiger partial charge is 0.481 e. The third-order valence-electron chi connectivity index (χ3n) is 3.15. The van der Waals surface area contributed by atoms with Crippen LogP contribution in [0, 0.1) is 5.41 Å². The van der Waals surface area contributed by atoms with Crippen molar-refractivity contribution >= 4 is 29.3 Å². The summed E-state index contributed by atoms with van der Waals surface area (Å²) in [6, 6.07) is 0. The molecule has 1 aliphatic carbocycles. The van der Waals surface area contributed by atoms with Gasteiger partial charge in [0.25, 0.3) is 0 Å². The maximum absolute atomic E-state index is 10.7. The first-order valence-electron chi connectivity index (χ1n) is 5.48. The fourth-order valence-corrected chi connectivity index (χ4v) is 3.31. The van der Waals surface area contributed by atoms with Crippen LogP contribution < -0.4 is 0 Å². The molecular weight excluding hydrogens is 260 g/mol. The van der Waals surface area contributed by atoms with Crippen molar-refractivity contribution in [1.29, 1.82) is 0 Å². The molecule has 1 N–H and O–H groups in total. The maximum Gasteiger partial charge on any atom is 0.303 e. The van der Waals surface area contributed by atoms with Crippen molar-refractivity contribution in [2.75, 3.05) is 5.75 Å². The molecule has 6 heteroatoms. The van der Waals surface area contributed by atoms with Crippen LogP contribution in [0.3, 0.4) is 0 Å². The van der Waals surface area contributed by atoms with Crippen molar-refractivity contribution < 1.29 is 9.90 Å². The van der Waals surface area contributed by atoms with Crippen LogP contribution in [-0.4, -0.2) is 26.4 Å². The standard InChI is InChI=1S/C11H15ClN2O2S/c1-14-8(12)5-13-9(14)6-17-7-11(2-3-11)4-10(15)16/h5H,2-4,6-7H2,1H3,(H,15,16). The molecule has 0 bridgehead atoms. The van der Waals surface area contributed by atoms with Gasteiger partial charge in [0, 0.05) is 7.05 Å². The second-order valence-corrected chi connectivity index (χ2v) is 5.99. The predicted octanol–water partition coefficient (Wildman–Crippen LogP) is 2.56. The van der Waals surface area contributed by atoms with Gasteiger partial charge in [-0.2, -0.15) is 11.8 Å². The number of carboxylic acids is 1. The van der Waals surface area contributed by atoms with Gasteiger partial charge >= 0.3 is 5.97 Å². The average molecular weight is 275 g/mol. The summed E-state index contributed by atoms with van der Waals surface area (Å²) in [5, 5.41) is 9.44. The van der Waals surface area contributed by atoms with Crippen molar-refractivity contribution in [3.63, 3.8) is 0 Å². The number of hydrogen-bond donors (Lipinski definition) is 1. The van der Waals surface area contributed by atoms with Crippen LogP contribution in [0.2, 0.25) is 5.15 Å². The highest BCUT2D eigenvalue weighted by molar-refractivity contribution is 7.98. The van der Waals surface area contributed by atoms with Gasteiger partial charge in [-0.1, -0.05) is 11.6 Å². The minimum absolute atomic E-state index is 0.0471. The molecule has 1 fully saturated rings. The summed E-state index contributed by atoms with van der Waals surface area (Å²) in [6.45, 7) is 0. The number of aliphatic carboxylic acids is 1. The quantitative estimate of drug-likeness (QED) is 0.866. The molecule has 0 spiro atoms. The fourth-order valence-electron chi connectivity index (χ4n) is 1.79. The minimum atomic E-state index is -0.692. The summed E-state index contributed by atoms with van der Waals surface area (Å²) in [4.78, 5) is 14.9. The first-order valence-corrected chi connectivity index (χ1v) is 7.01. The number of nitrogens with zero attached hydrogens (tertiary/aromatic N) is 2. The SMILES string of the molecule is Cn1c(Cl)cnc1CSCC1(CC(=O)O)CC1. The lowest BCUT2D eigenvalue weighted by Crippen LogP contribution is -2.11. The number of aromatic nitrogens is 2. The van der Waals surface area contributed by atoms with E-state index in [-0.39, 0.29) is 5.41 Å². The van der Waals surface area contributed by atoms with Crippen LogP contribution in [0.25, 0.3) is 0 Å². The van der Waals surface area contributed by atoms with Crippen molar-refractivity contribution in [1.82, 2.24) is 9.55 Å². The molecule has 0 aliphatic heterocycles. The minimum Gasteiger partial charge on any atom is -0.481 e. The van der Waals surface area contributed by atoms with Crippen molar-refractivity contribution in [3.8, 4) is 0 Å². The van der Waals surface area contributed by atoms with Gasteiger partial charge < -0.3 is 9.67 Å². The van der Waals surface area contributed by atoms with E-state index in [0.29, 0.717) is 11.6 Å². The molecule has 0 saturated heterocycles. The van der Waals surface area contributed by atoms with Gasteiger partial charge in [-0.3, -0.25) is 4.79 Å². The van der Waals surface area contributed by atoms with E-state index in [4.69, 9.17) is 16.7 Å². The van der Waals surface area contributed by atoms with Crippen molar-refractivity contribution in [2.45, 2.75) is 25.0 Å². The average Bonchev–Trinajstić information content (AvgIpc) is 2.93. The highest BCUT2D eigenvalue weighted by Gasteiger charge is 2.44. The van der Waals surface area contributed by atoms with Gasteiger partial charge in [0.1, 0.15) is 11.0 Å². The molecule has 1 saturated carbocycles. The highest BCUT2D eigenvalue weighted by atomic mass is 35.5. The zero-order chi connectivity index (χ0) is 12.5. The zero-order valence-electron chi connectivity index (χ0n) is 9.65. The zero-order valence-corrected chi connectivity index (χ0v) is 11.2. The molecule has 0 amide bonds. The molecule has 1 aliphatic rings. The Kier molecular flexibility index (Phi) is 3.68. The van der Waals surface area contributed by atoms with Crippen LogP contribution >= 0.6 is 23.4 Å². The smallest absolute Gasteiger partial charge is 0.303 e. The molecule has 1 heterocycles. The summed E-state index contributed by atoms with van der Waals surface area (Å²) in [5.74, 6) is 1.92. The number of carboxylic acid groups (broad SMARTS) is 1. The molecule has 0 aromatic carbocycles. The van der Waals surface area contributed by atoms with Gasteiger partial charge in [0.2, 0.25) is 0 Å². The van der Waals surface area contributed by atoms with Crippen LogP contribution in [0.5, 0.6) is 0 Å². The number of halogens is 1. The summed E-state index contributed by atoms with van der Waals surface area (Å²) in [6.07, 6.45) is 4.00. The first kappa shape index (κ1) is 12.8. The molecule has 1 aromatic heterocycles. The summed E-state index contributed by atoms with van der Waals surface area (Å²) >= 11 is 7.63. The highest BCUT2D eigenvalue weighted by Crippen LogP contribution is 2.51. The Bertz CT molecular complexity index is 429. The second kappa shape index (κ2) is 4.90.